The number of amides is 1. The van der Waals surface area contributed by atoms with Crippen LogP contribution in [0.5, 0.6) is 0 Å². The van der Waals surface area contributed by atoms with E-state index in [2.05, 4.69) is 17.1 Å². The first-order valence-corrected chi connectivity index (χ1v) is 7.94. The van der Waals surface area contributed by atoms with Gasteiger partial charge in [-0.2, -0.15) is 0 Å². The number of ether oxygens (including phenoxy) is 1. The van der Waals surface area contributed by atoms with Crippen LogP contribution in [0.2, 0.25) is 0 Å². The van der Waals surface area contributed by atoms with Crippen molar-refractivity contribution in [1.82, 2.24) is 10.2 Å². The third-order valence-corrected chi connectivity index (χ3v) is 3.98. The molecule has 2 rings (SSSR count). The van der Waals surface area contributed by atoms with Gasteiger partial charge in [0, 0.05) is 19.6 Å². The van der Waals surface area contributed by atoms with E-state index in [9.17, 15) is 4.79 Å². The lowest BCUT2D eigenvalue weighted by Crippen LogP contribution is -2.38. The standard InChI is InChI=1S/C17H26N2O2/c1-2-16(15-7-4-3-5-8-15)17(20)18-9-6-10-19-11-13-21-14-12-19/h3-5,7-8,16H,2,6,9-14H2,1H3,(H,18,20). The van der Waals surface area contributed by atoms with Crippen LogP contribution >= 0.6 is 0 Å². The van der Waals surface area contributed by atoms with E-state index in [1.165, 1.54) is 0 Å². The number of rotatable bonds is 7. The maximum absolute atomic E-state index is 12.3. The summed E-state index contributed by atoms with van der Waals surface area (Å²) in [5.74, 6) is 0.111. The second-order valence-corrected chi connectivity index (χ2v) is 5.47. The highest BCUT2D eigenvalue weighted by Gasteiger charge is 2.17. The summed E-state index contributed by atoms with van der Waals surface area (Å²) >= 11 is 0. The number of nitrogens with one attached hydrogen (secondary N) is 1. The number of benzene rings is 1. The molecule has 0 radical (unpaired) electrons. The molecule has 1 fully saturated rings. The maximum Gasteiger partial charge on any atom is 0.227 e. The summed E-state index contributed by atoms with van der Waals surface area (Å²) in [4.78, 5) is 14.7. The van der Waals surface area contributed by atoms with Crippen molar-refractivity contribution in [2.75, 3.05) is 39.4 Å². The average molecular weight is 290 g/mol. The van der Waals surface area contributed by atoms with Crippen molar-refractivity contribution in [2.24, 2.45) is 0 Å². The highest BCUT2D eigenvalue weighted by atomic mass is 16.5. The Morgan fingerprint density at radius 3 is 2.67 bits per heavy atom. The minimum Gasteiger partial charge on any atom is -0.379 e. The monoisotopic (exact) mass is 290 g/mol. The van der Waals surface area contributed by atoms with Crippen molar-refractivity contribution >= 4 is 5.91 Å². The molecular formula is C17H26N2O2. The van der Waals surface area contributed by atoms with Crippen LogP contribution in [0, 0.1) is 0 Å². The molecule has 1 aliphatic rings. The first-order chi connectivity index (χ1) is 10.3. The Morgan fingerprint density at radius 1 is 1.29 bits per heavy atom. The van der Waals surface area contributed by atoms with Gasteiger partial charge in [-0.15, -0.1) is 0 Å². The van der Waals surface area contributed by atoms with Gasteiger partial charge in [0.15, 0.2) is 0 Å². The molecule has 0 spiro atoms. The molecule has 1 heterocycles. The van der Waals surface area contributed by atoms with Gasteiger partial charge >= 0.3 is 0 Å². The normalized spacial score (nSPS) is 17.4. The zero-order chi connectivity index (χ0) is 14.9. The Hall–Kier alpha value is -1.39. The molecule has 0 aliphatic carbocycles. The van der Waals surface area contributed by atoms with Gasteiger partial charge in [0.1, 0.15) is 0 Å². The van der Waals surface area contributed by atoms with Crippen LogP contribution in [0.3, 0.4) is 0 Å². The highest BCUT2D eigenvalue weighted by Crippen LogP contribution is 2.19. The lowest BCUT2D eigenvalue weighted by Gasteiger charge is -2.26. The summed E-state index contributed by atoms with van der Waals surface area (Å²) < 4.78 is 5.33. The van der Waals surface area contributed by atoms with Gasteiger partial charge in [0.25, 0.3) is 0 Å². The lowest BCUT2D eigenvalue weighted by atomic mass is 9.96. The smallest absolute Gasteiger partial charge is 0.227 e. The molecule has 1 N–H and O–H groups in total. The molecule has 0 bridgehead atoms. The van der Waals surface area contributed by atoms with Gasteiger partial charge in [-0.05, 0) is 24.9 Å². The van der Waals surface area contributed by atoms with Crippen molar-refractivity contribution in [3.63, 3.8) is 0 Å². The van der Waals surface area contributed by atoms with Crippen molar-refractivity contribution in [1.29, 1.82) is 0 Å². The topological polar surface area (TPSA) is 41.6 Å². The fraction of sp³-hybridized carbons (Fsp3) is 0.588. The molecule has 1 aromatic rings. The summed E-state index contributed by atoms with van der Waals surface area (Å²) in [5, 5.41) is 3.07. The van der Waals surface area contributed by atoms with Gasteiger partial charge in [-0.3, -0.25) is 9.69 Å². The summed E-state index contributed by atoms with van der Waals surface area (Å²) in [6, 6.07) is 10.0. The summed E-state index contributed by atoms with van der Waals surface area (Å²) in [7, 11) is 0. The number of nitrogens with zero attached hydrogens (tertiary/aromatic N) is 1. The van der Waals surface area contributed by atoms with E-state index in [0.29, 0.717) is 0 Å². The number of morpholine rings is 1. The predicted octanol–water partition coefficient (Wildman–Crippen LogP) is 2.02. The zero-order valence-electron chi connectivity index (χ0n) is 12.9. The van der Waals surface area contributed by atoms with Crippen molar-refractivity contribution < 1.29 is 9.53 Å². The molecule has 4 nitrogen and oxygen atoms in total. The van der Waals surface area contributed by atoms with Crippen molar-refractivity contribution in [3.8, 4) is 0 Å². The maximum atomic E-state index is 12.3. The van der Waals surface area contributed by atoms with Gasteiger partial charge in [0.2, 0.25) is 5.91 Å². The molecule has 21 heavy (non-hydrogen) atoms. The predicted molar refractivity (Wildman–Crippen MR) is 84.4 cm³/mol. The van der Waals surface area contributed by atoms with Gasteiger partial charge in [-0.1, -0.05) is 37.3 Å². The van der Waals surface area contributed by atoms with Crippen LogP contribution in [-0.2, 0) is 9.53 Å². The van der Waals surface area contributed by atoms with E-state index in [0.717, 1.165) is 57.8 Å². The Morgan fingerprint density at radius 2 is 2.00 bits per heavy atom. The molecule has 1 unspecified atom stereocenters. The van der Waals surface area contributed by atoms with Gasteiger partial charge in [0.05, 0.1) is 19.1 Å². The third kappa shape index (κ3) is 5.14. The Kier molecular flexibility index (Phi) is 6.70. The van der Waals surface area contributed by atoms with Crippen LogP contribution in [-0.4, -0.2) is 50.2 Å². The fourth-order valence-corrected chi connectivity index (χ4v) is 2.72. The molecule has 4 heteroatoms. The summed E-state index contributed by atoms with van der Waals surface area (Å²) in [6.45, 7) is 7.53. The largest absolute Gasteiger partial charge is 0.379 e. The molecule has 1 atom stereocenters. The third-order valence-electron chi connectivity index (χ3n) is 3.98. The Balaban J connectivity index is 1.70. The Bertz CT molecular complexity index is 416. The minimum atomic E-state index is -0.0328. The van der Waals surface area contributed by atoms with Crippen LogP contribution < -0.4 is 5.32 Å². The molecule has 1 saturated heterocycles. The number of carbonyl (C=O) groups excluding carboxylic acids is 1. The molecule has 1 amide bonds. The minimum absolute atomic E-state index is 0.0328. The second-order valence-electron chi connectivity index (χ2n) is 5.47. The Labute approximate surface area is 127 Å². The van der Waals surface area contributed by atoms with E-state index < -0.39 is 0 Å². The van der Waals surface area contributed by atoms with E-state index in [-0.39, 0.29) is 11.8 Å². The van der Waals surface area contributed by atoms with Gasteiger partial charge < -0.3 is 10.1 Å². The van der Waals surface area contributed by atoms with Crippen LogP contribution in [0.25, 0.3) is 0 Å². The molecule has 1 aliphatic heterocycles. The summed E-state index contributed by atoms with van der Waals surface area (Å²) in [6.07, 6.45) is 1.83. The quantitative estimate of drug-likeness (QED) is 0.781. The highest BCUT2D eigenvalue weighted by molar-refractivity contribution is 5.83. The van der Waals surface area contributed by atoms with Gasteiger partial charge in [-0.25, -0.2) is 0 Å². The van der Waals surface area contributed by atoms with Crippen molar-refractivity contribution in [3.05, 3.63) is 35.9 Å². The fourth-order valence-electron chi connectivity index (χ4n) is 2.72. The van der Waals surface area contributed by atoms with Crippen molar-refractivity contribution in [2.45, 2.75) is 25.7 Å². The average Bonchev–Trinajstić information content (AvgIpc) is 2.54. The second kappa shape index (κ2) is 8.80. The van der Waals surface area contributed by atoms with E-state index in [1.54, 1.807) is 0 Å². The van der Waals surface area contributed by atoms with E-state index in [4.69, 9.17) is 4.74 Å². The number of hydrogen-bond acceptors (Lipinski definition) is 3. The SMILES string of the molecule is CCC(C(=O)NCCCN1CCOCC1)c1ccccc1. The lowest BCUT2D eigenvalue weighted by molar-refractivity contribution is -0.122. The molecule has 0 saturated carbocycles. The zero-order valence-corrected chi connectivity index (χ0v) is 12.9. The van der Waals surface area contributed by atoms with Crippen LogP contribution in [0.15, 0.2) is 30.3 Å². The molecule has 0 aromatic heterocycles. The first kappa shape index (κ1) is 16.0. The molecule has 1 aromatic carbocycles. The summed E-state index contributed by atoms with van der Waals surface area (Å²) in [5.41, 5.74) is 1.10. The number of carbonyl (C=O) groups is 1. The number of hydrogen-bond donors (Lipinski definition) is 1. The molecular weight excluding hydrogens is 264 g/mol. The van der Waals surface area contributed by atoms with E-state index in [1.807, 2.05) is 30.3 Å². The van der Waals surface area contributed by atoms with Crippen LogP contribution in [0.1, 0.15) is 31.2 Å². The van der Waals surface area contributed by atoms with E-state index >= 15 is 0 Å². The van der Waals surface area contributed by atoms with Crippen LogP contribution in [0.4, 0.5) is 0 Å². The molecule has 116 valence electrons. The first-order valence-electron chi connectivity index (χ1n) is 7.94.